The molecule has 0 spiro atoms. The van der Waals surface area contributed by atoms with Crippen molar-refractivity contribution < 1.29 is 9.18 Å². The van der Waals surface area contributed by atoms with Gasteiger partial charge in [0.2, 0.25) is 11.9 Å². The summed E-state index contributed by atoms with van der Waals surface area (Å²) in [5, 5.41) is 10.2. The number of carbonyl (C=O) groups excluding carboxylic acids is 1. The lowest BCUT2D eigenvalue weighted by Gasteiger charge is -2.12. The first kappa shape index (κ1) is 15.3. The van der Waals surface area contributed by atoms with Gasteiger partial charge >= 0.3 is 0 Å². The topological polar surface area (TPSA) is 85.8 Å². The second-order valence-electron chi connectivity index (χ2n) is 4.63. The van der Waals surface area contributed by atoms with E-state index in [-0.39, 0.29) is 17.5 Å². The van der Waals surface area contributed by atoms with Crippen LogP contribution in [-0.4, -0.2) is 25.9 Å². The average Bonchev–Trinajstić information content (AvgIpc) is 2.73. The smallest absolute Gasteiger partial charge is 0.237 e. The van der Waals surface area contributed by atoms with Gasteiger partial charge in [0.15, 0.2) is 5.16 Å². The van der Waals surface area contributed by atoms with E-state index in [2.05, 4.69) is 15.5 Å². The van der Waals surface area contributed by atoms with Gasteiger partial charge in [0.25, 0.3) is 0 Å². The molecular weight excluding hydrogens is 293 g/mol. The molecule has 3 N–H and O–H groups in total. The van der Waals surface area contributed by atoms with Crippen LogP contribution in [0.4, 0.5) is 16.0 Å². The fraction of sp³-hybridized carbons (Fsp3) is 0.308. The molecule has 1 aromatic heterocycles. The van der Waals surface area contributed by atoms with Crippen molar-refractivity contribution >= 4 is 29.3 Å². The maximum Gasteiger partial charge on any atom is 0.237 e. The Morgan fingerprint density at radius 3 is 2.76 bits per heavy atom. The number of nitrogens with zero attached hydrogens (tertiary/aromatic N) is 3. The molecular formula is C13H16FN5OS. The minimum atomic E-state index is -0.465. The van der Waals surface area contributed by atoms with Crippen LogP contribution < -0.4 is 11.1 Å². The van der Waals surface area contributed by atoms with Gasteiger partial charge in [-0.25, -0.2) is 4.39 Å². The number of rotatable bonds is 4. The molecule has 1 atom stereocenters. The molecule has 1 aromatic carbocycles. The van der Waals surface area contributed by atoms with Crippen LogP contribution in [0.2, 0.25) is 0 Å². The summed E-state index contributed by atoms with van der Waals surface area (Å²) >= 11 is 1.20. The van der Waals surface area contributed by atoms with Crippen LogP contribution in [0, 0.1) is 12.7 Å². The monoisotopic (exact) mass is 309 g/mol. The third-order valence-corrected chi connectivity index (χ3v) is 4.04. The van der Waals surface area contributed by atoms with Crippen molar-refractivity contribution in [2.75, 3.05) is 11.1 Å². The van der Waals surface area contributed by atoms with Crippen LogP contribution in [0.3, 0.4) is 0 Å². The van der Waals surface area contributed by atoms with Crippen molar-refractivity contribution in [2.24, 2.45) is 7.05 Å². The Morgan fingerprint density at radius 1 is 1.48 bits per heavy atom. The molecule has 0 aliphatic carbocycles. The van der Waals surface area contributed by atoms with Gasteiger partial charge in [-0.1, -0.05) is 17.8 Å². The molecule has 21 heavy (non-hydrogen) atoms. The molecule has 8 heteroatoms. The van der Waals surface area contributed by atoms with Crippen LogP contribution in [0.5, 0.6) is 0 Å². The first-order valence-electron chi connectivity index (χ1n) is 6.27. The molecule has 0 aliphatic heterocycles. The van der Waals surface area contributed by atoms with E-state index >= 15 is 0 Å². The molecule has 2 rings (SSSR count). The van der Waals surface area contributed by atoms with Gasteiger partial charge in [0.05, 0.1) is 10.9 Å². The normalized spacial score (nSPS) is 12.2. The van der Waals surface area contributed by atoms with E-state index in [0.29, 0.717) is 5.16 Å². The zero-order chi connectivity index (χ0) is 15.6. The van der Waals surface area contributed by atoms with Gasteiger partial charge in [-0.05, 0) is 31.5 Å². The van der Waals surface area contributed by atoms with E-state index in [0.717, 1.165) is 5.56 Å². The number of nitrogen functional groups attached to an aromatic ring is 1. The molecule has 0 saturated heterocycles. The quantitative estimate of drug-likeness (QED) is 0.843. The number of nitrogens with two attached hydrogens (primary N) is 1. The lowest BCUT2D eigenvalue weighted by atomic mass is 10.2. The molecule has 0 bridgehead atoms. The summed E-state index contributed by atoms with van der Waals surface area (Å²) < 4.78 is 15.3. The summed E-state index contributed by atoms with van der Waals surface area (Å²) in [6.07, 6.45) is 0. The van der Waals surface area contributed by atoms with Crippen LogP contribution >= 0.6 is 11.8 Å². The van der Waals surface area contributed by atoms with Gasteiger partial charge in [-0.15, -0.1) is 10.2 Å². The second-order valence-corrected chi connectivity index (χ2v) is 5.94. The van der Waals surface area contributed by atoms with Crippen LogP contribution in [0.1, 0.15) is 12.5 Å². The lowest BCUT2D eigenvalue weighted by Crippen LogP contribution is -2.23. The van der Waals surface area contributed by atoms with Gasteiger partial charge in [-0.2, -0.15) is 0 Å². The standard InChI is InChI=1S/C13H16FN5OS/c1-7-4-5-10(9(14)6-7)16-11(20)8(2)21-13-18-17-12(15)19(13)3/h4-6,8H,1-3H3,(H2,15,17)(H,16,20)/t8-/m1/s1. The summed E-state index contributed by atoms with van der Waals surface area (Å²) in [6, 6.07) is 4.65. The summed E-state index contributed by atoms with van der Waals surface area (Å²) in [5.41, 5.74) is 6.53. The van der Waals surface area contributed by atoms with E-state index in [1.165, 1.54) is 17.8 Å². The molecule has 1 heterocycles. The Kier molecular flexibility index (Phi) is 4.46. The number of benzene rings is 1. The maximum absolute atomic E-state index is 13.7. The number of nitrogens with one attached hydrogen (secondary N) is 1. The maximum atomic E-state index is 13.7. The summed E-state index contributed by atoms with van der Waals surface area (Å²) in [5.74, 6) is -0.498. The van der Waals surface area contributed by atoms with Crippen molar-refractivity contribution in [3.63, 3.8) is 0 Å². The molecule has 0 saturated carbocycles. The number of aromatic nitrogens is 3. The fourth-order valence-electron chi connectivity index (χ4n) is 1.60. The highest BCUT2D eigenvalue weighted by Crippen LogP contribution is 2.23. The van der Waals surface area contributed by atoms with Crippen molar-refractivity contribution in [2.45, 2.75) is 24.3 Å². The first-order valence-corrected chi connectivity index (χ1v) is 7.15. The Labute approximate surface area is 125 Å². The van der Waals surface area contributed by atoms with E-state index in [1.54, 1.807) is 37.6 Å². The van der Waals surface area contributed by atoms with Gasteiger partial charge < -0.3 is 11.1 Å². The SMILES string of the molecule is Cc1ccc(NC(=O)[C@@H](C)Sc2nnc(N)n2C)c(F)c1. The zero-order valence-corrected chi connectivity index (χ0v) is 12.7. The van der Waals surface area contributed by atoms with E-state index < -0.39 is 11.1 Å². The number of anilines is 2. The molecule has 2 aromatic rings. The molecule has 0 fully saturated rings. The Balaban J connectivity index is 2.04. The Morgan fingerprint density at radius 2 is 2.19 bits per heavy atom. The minimum absolute atomic E-state index is 0.163. The summed E-state index contributed by atoms with van der Waals surface area (Å²) in [4.78, 5) is 12.1. The Bertz CT molecular complexity index is 673. The number of hydrogen-bond donors (Lipinski definition) is 2. The molecule has 1 amide bonds. The van der Waals surface area contributed by atoms with E-state index in [4.69, 9.17) is 5.73 Å². The second kappa shape index (κ2) is 6.13. The largest absolute Gasteiger partial charge is 0.368 e. The van der Waals surface area contributed by atoms with Crippen molar-refractivity contribution in [3.05, 3.63) is 29.6 Å². The third-order valence-electron chi connectivity index (χ3n) is 2.90. The predicted molar refractivity (Wildman–Crippen MR) is 80.5 cm³/mol. The number of aryl methyl sites for hydroxylation is 1. The number of hydrogen-bond acceptors (Lipinski definition) is 5. The number of thioether (sulfide) groups is 1. The number of carbonyl (C=O) groups is 1. The first-order chi connectivity index (χ1) is 9.88. The zero-order valence-electron chi connectivity index (χ0n) is 11.9. The molecule has 0 radical (unpaired) electrons. The lowest BCUT2D eigenvalue weighted by molar-refractivity contribution is -0.115. The van der Waals surface area contributed by atoms with E-state index in [9.17, 15) is 9.18 Å². The minimum Gasteiger partial charge on any atom is -0.368 e. The molecule has 112 valence electrons. The Hall–Kier alpha value is -2.09. The highest BCUT2D eigenvalue weighted by molar-refractivity contribution is 8.00. The fourth-order valence-corrected chi connectivity index (χ4v) is 2.42. The number of amides is 1. The van der Waals surface area contributed by atoms with E-state index in [1.807, 2.05) is 0 Å². The van der Waals surface area contributed by atoms with Gasteiger partial charge in [0.1, 0.15) is 5.82 Å². The summed E-state index contributed by atoms with van der Waals surface area (Å²) in [7, 11) is 1.71. The predicted octanol–water partition coefficient (Wildman–Crippen LogP) is 1.96. The van der Waals surface area contributed by atoms with Gasteiger partial charge in [-0.3, -0.25) is 9.36 Å². The van der Waals surface area contributed by atoms with Crippen molar-refractivity contribution in [3.8, 4) is 0 Å². The molecule has 6 nitrogen and oxygen atoms in total. The molecule has 0 aliphatic rings. The molecule has 0 unspecified atom stereocenters. The highest BCUT2D eigenvalue weighted by atomic mass is 32.2. The van der Waals surface area contributed by atoms with Crippen molar-refractivity contribution in [1.29, 1.82) is 0 Å². The van der Waals surface area contributed by atoms with Gasteiger partial charge in [0, 0.05) is 7.05 Å². The number of halogens is 1. The highest BCUT2D eigenvalue weighted by Gasteiger charge is 2.19. The van der Waals surface area contributed by atoms with Crippen LogP contribution in [-0.2, 0) is 11.8 Å². The van der Waals surface area contributed by atoms with Crippen LogP contribution in [0.15, 0.2) is 23.4 Å². The van der Waals surface area contributed by atoms with Crippen molar-refractivity contribution in [1.82, 2.24) is 14.8 Å². The summed E-state index contributed by atoms with van der Waals surface area (Å²) in [6.45, 7) is 3.49. The third kappa shape index (κ3) is 3.52. The average molecular weight is 309 g/mol. The van der Waals surface area contributed by atoms with Crippen LogP contribution in [0.25, 0.3) is 0 Å².